The van der Waals surface area contributed by atoms with Gasteiger partial charge in [-0.1, -0.05) is 6.92 Å². The third kappa shape index (κ3) is 2.14. The van der Waals surface area contributed by atoms with Crippen LogP contribution >= 0.6 is 12.2 Å². The van der Waals surface area contributed by atoms with Crippen LogP contribution in [0.2, 0.25) is 0 Å². The Balaban J connectivity index is 1.57. The van der Waals surface area contributed by atoms with Crippen LogP contribution in [0.3, 0.4) is 0 Å². The van der Waals surface area contributed by atoms with Gasteiger partial charge in [-0.25, -0.2) is 0 Å². The Morgan fingerprint density at radius 1 is 1.50 bits per heavy atom. The van der Waals surface area contributed by atoms with Gasteiger partial charge in [0.1, 0.15) is 11.5 Å². The van der Waals surface area contributed by atoms with E-state index >= 15 is 0 Å². The van der Waals surface area contributed by atoms with Gasteiger partial charge in [0.2, 0.25) is 4.77 Å². The SMILES string of the molecule is C[C@@H]1C[C@@H]1c1ccc(/C=N\n2c(C3CC3)n[nH]c2=S)o1. The van der Waals surface area contributed by atoms with E-state index < -0.39 is 0 Å². The molecule has 2 atom stereocenters. The molecule has 20 heavy (non-hydrogen) atoms. The minimum Gasteiger partial charge on any atom is -0.460 e. The number of hydrogen-bond acceptors (Lipinski definition) is 4. The van der Waals surface area contributed by atoms with Crippen LogP contribution in [0, 0.1) is 10.7 Å². The van der Waals surface area contributed by atoms with Gasteiger partial charge in [0.15, 0.2) is 5.82 Å². The van der Waals surface area contributed by atoms with Crippen LogP contribution in [-0.2, 0) is 0 Å². The largest absolute Gasteiger partial charge is 0.460 e. The highest BCUT2D eigenvalue weighted by Crippen LogP contribution is 2.47. The summed E-state index contributed by atoms with van der Waals surface area (Å²) in [6.45, 7) is 2.24. The minimum atomic E-state index is 0.500. The van der Waals surface area contributed by atoms with Crippen LogP contribution < -0.4 is 0 Å². The Labute approximate surface area is 121 Å². The zero-order chi connectivity index (χ0) is 13.7. The fourth-order valence-electron chi connectivity index (χ4n) is 2.49. The van der Waals surface area contributed by atoms with Gasteiger partial charge in [-0.3, -0.25) is 5.10 Å². The molecule has 0 bridgehead atoms. The molecule has 1 N–H and O–H groups in total. The van der Waals surface area contributed by atoms with Crippen LogP contribution in [0.15, 0.2) is 21.7 Å². The summed E-state index contributed by atoms with van der Waals surface area (Å²) in [6, 6.07) is 4.01. The zero-order valence-electron chi connectivity index (χ0n) is 11.2. The molecule has 0 aliphatic heterocycles. The van der Waals surface area contributed by atoms with Crippen molar-refractivity contribution >= 4 is 18.4 Å². The molecule has 2 aromatic heterocycles. The van der Waals surface area contributed by atoms with Crippen molar-refractivity contribution in [3.05, 3.63) is 34.2 Å². The van der Waals surface area contributed by atoms with Gasteiger partial charge in [-0.05, 0) is 49.5 Å². The molecule has 0 aromatic carbocycles. The summed E-state index contributed by atoms with van der Waals surface area (Å²) in [5.41, 5.74) is 0. The Hall–Kier alpha value is -1.69. The van der Waals surface area contributed by atoms with Crippen molar-refractivity contribution < 1.29 is 4.42 Å². The Morgan fingerprint density at radius 2 is 2.30 bits per heavy atom. The number of hydrogen-bond donors (Lipinski definition) is 1. The summed E-state index contributed by atoms with van der Waals surface area (Å²) in [4.78, 5) is 0. The molecule has 0 amide bonds. The molecule has 0 saturated heterocycles. The molecule has 0 unspecified atom stereocenters. The maximum atomic E-state index is 5.80. The highest BCUT2D eigenvalue weighted by atomic mass is 32.1. The average Bonchev–Trinajstić information content (AvgIpc) is 3.32. The summed E-state index contributed by atoms with van der Waals surface area (Å²) in [6.07, 6.45) is 5.27. The molecule has 6 heteroatoms. The lowest BCUT2D eigenvalue weighted by Gasteiger charge is -1.96. The number of H-pyrrole nitrogens is 1. The first-order chi connectivity index (χ1) is 9.72. The number of furan rings is 1. The summed E-state index contributed by atoms with van der Waals surface area (Å²) < 4.78 is 8.04. The third-order valence-electron chi connectivity index (χ3n) is 4.04. The summed E-state index contributed by atoms with van der Waals surface area (Å²) in [5.74, 6) is 4.60. The summed E-state index contributed by atoms with van der Waals surface area (Å²) in [7, 11) is 0. The fourth-order valence-corrected chi connectivity index (χ4v) is 2.68. The van der Waals surface area contributed by atoms with Crippen LogP contribution in [0.25, 0.3) is 0 Å². The van der Waals surface area contributed by atoms with E-state index in [4.69, 9.17) is 16.6 Å². The van der Waals surface area contributed by atoms with Gasteiger partial charge in [0.25, 0.3) is 0 Å². The van der Waals surface area contributed by atoms with Crippen LogP contribution in [-0.4, -0.2) is 21.1 Å². The zero-order valence-corrected chi connectivity index (χ0v) is 12.1. The standard InChI is InChI=1S/C14H16N4OS/c1-8-6-11(8)12-5-4-10(19-12)7-15-18-13(9-2-3-9)16-17-14(18)20/h4-5,7-9,11H,2-3,6H2,1H3,(H,17,20)/b15-7-/t8-,11+/m1/s1. The predicted octanol–water partition coefficient (Wildman–Crippen LogP) is 3.42. The van der Waals surface area contributed by atoms with Gasteiger partial charge in [0.05, 0.1) is 6.21 Å². The maximum Gasteiger partial charge on any atom is 0.216 e. The lowest BCUT2D eigenvalue weighted by Crippen LogP contribution is -1.96. The second-order valence-corrected chi connectivity index (χ2v) is 6.16. The molecular weight excluding hydrogens is 272 g/mol. The van der Waals surface area contributed by atoms with Gasteiger partial charge in [-0.15, -0.1) is 0 Å². The number of aromatic nitrogens is 3. The topological polar surface area (TPSA) is 59.1 Å². The third-order valence-corrected chi connectivity index (χ3v) is 4.31. The minimum absolute atomic E-state index is 0.500. The van der Waals surface area contributed by atoms with E-state index in [0.29, 0.717) is 16.6 Å². The summed E-state index contributed by atoms with van der Waals surface area (Å²) >= 11 is 5.21. The van der Waals surface area contributed by atoms with E-state index in [-0.39, 0.29) is 0 Å². The monoisotopic (exact) mass is 288 g/mol. The lowest BCUT2D eigenvalue weighted by molar-refractivity contribution is 0.500. The molecule has 0 spiro atoms. The molecule has 2 aliphatic rings. The van der Waals surface area contributed by atoms with E-state index in [0.717, 1.165) is 23.3 Å². The van der Waals surface area contributed by atoms with Gasteiger partial charge in [-0.2, -0.15) is 14.9 Å². The lowest BCUT2D eigenvalue weighted by atomic mass is 10.3. The Kier molecular flexibility index (Phi) is 2.66. The maximum absolute atomic E-state index is 5.80. The molecule has 4 rings (SSSR count). The van der Waals surface area contributed by atoms with Crippen LogP contribution in [0.4, 0.5) is 0 Å². The molecule has 104 valence electrons. The first-order valence-corrected chi connectivity index (χ1v) is 7.44. The first kappa shape index (κ1) is 12.1. The molecule has 0 radical (unpaired) electrons. The van der Waals surface area contributed by atoms with Gasteiger partial charge < -0.3 is 4.42 Å². The first-order valence-electron chi connectivity index (χ1n) is 7.04. The second-order valence-electron chi connectivity index (χ2n) is 5.78. The van der Waals surface area contributed by atoms with Gasteiger partial charge in [0, 0.05) is 11.8 Å². The smallest absolute Gasteiger partial charge is 0.216 e. The fraction of sp³-hybridized carbons (Fsp3) is 0.500. The normalized spacial score (nSPS) is 25.4. The second kappa shape index (κ2) is 4.41. The summed E-state index contributed by atoms with van der Waals surface area (Å²) in [5, 5.41) is 11.5. The molecule has 2 fully saturated rings. The van der Waals surface area contributed by atoms with Crippen LogP contribution in [0.1, 0.15) is 55.4 Å². The van der Waals surface area contributed by atoms with Crippen molar-refractivity contribution in [3.8, 4) is 0 Å². The number of rotatable bonds is 4. The van der Waals surface area contributed by atoms with E-state index in [1.807, 2.05) is 12.1 Å². The number of nitrogens with one attached hydrogen (secondary N) is 1. The van der Waals surface area contributed by atoms with Crippen molar-refractivity contribution in [2.24, 2.45) is 11.0 Å². The molecule has 2 heterocycles. The Morgan fingerprint density at radius 3 is 3.00 bits per heavy atom. The van der Waals surface area contributed by atoms with Crippen molar-refractivity contribution in [2.75, 3.05) is 0 Å². The molecule has 2 aliphatic carbocycles. The van der Waals surface area contributed by atoms with Crippen LogP contribution in [0.5, 0.6) is 0 Å². The number of aromatic amines is 1. The molecular formula is C14H16N4OS. The van der Waals surface area contributed by atoms with E-state index in [1.165, 1.54) is 19.3 Å². The van der Waals surface area contributed by atoms with Crippen molar-refractivity contribution in [2.45, 2.75) is 38.0 Å². The number of nitrogens with zero attached hydrogens (tertiary/aromatic N) is 3. The van der Waals surface area contributed by atoms with E-state index in [9.17, 15) is 0 Å². The highest BCUT2D eigenvalue weighted by Gasteiger charge is 2.36. The quantitative estimate of drug-likeness (QED) is 0.692. The van der Waals surface area contributed by atoms with E-state index in [1.54, 1.807) is 10.9 Å². The van der Waals surface area contributed by atoms with Crippen molar-refractivity contribution in [3.63, 3.8) is 0 Å². The van der Waals surface area contributed by atoms with Crippen molar-refractivity contribution in [1.82, 2.24) is 14.9 Å². The predicted molar refractivity (Wildman–Crippen MR) is 77.6 cm³/mol. The Bertz CT molecular complexity index is 722. The van der Waals surface area contributed by atoms with E-state index in [2.05, 4.69) is 22.2 Å². The van der Waals surface area contributed by atoms with Crippen molar-refractivity contribution in [1.29, 1.82) is 0 Å². The molecule has 5 nitrogen and oxygen atoms in total. The highest BCUT2D eigenvalue weighted by molar-refractivity contribution is 7.71. The average molecular weight is 288 g/mol. The van der Waals surface area contributed by atoms with Gasteiger partial charge >= 0.3 is 0 Å². The molecule has 2 aromatic rings. The molecule has 2 saturated carbocycles.